The van der Waals surface area contributed by atoms with Gasteiger partial charge < -0.3 is 16.4 Å². The third-order valence-corrected chi connectivity index (χ3v) is 4.81. The van der Waals surface area contributed by atoms with E-state index in [1.807, 2.05) is 30.3 Å². The normalized spacial score (nSPS) is 11.1. The van der Waals surface area contributed by atoms with Gasteiger partial charge in [0.25, 0.3) is 5.91 Å². The van der Waals surface area contributed by atoms with Gasteiger partial charge in [-0.15, -0.1) is 0 Å². The molecular weight excluding hydrogens is 433 g/mol. The average molecular weight is 456 g/mol. The van der Waals surface area contributed by atoms with Crippen molar-refractivity contribution in [1.29, 1.82) is 0 Å². The van der Waals surface area contributed by atoms with Gasteiger partial charge in [-0.3, -0.25) is 9.59 Å². The lowest BCUT2D eigenvalue weighted by atomic mass is 10.1. The second kappa shape index (κ2) is 10.6. The van der Waals surface area contributed by atoms with Gasteiger partial charge in [0.2, 0.25) is 0 Å². The molecule has 3 rings (SSSR count). The van der Waals surface area contributed by atoms with Crippen molar-refractivity contribution in [3.8, 4) is 0 Å². The molecule has 1 aromatic heterocycles. The minimum atomic E-state index is -4.34. The summed E-state index contributed by atoms with van der Waals surface area (Å²) in [6.07, 6.45) is -4.66. The van der Waals surface area contributed by atoms with E-state index in [9.17, 15) is 22.8 Å². The number of anilines is 3. The molecule has 33 heavy (non-hydrogen) atoms. The predicted molar refractivity (Wildman–Crippen MR) is 120 cm³/mol. The molecule has 2 aromatic carbocycles. The first-order chi connectivity index (χ1) is 15.7. The van der Waals surface area contributed by atoms with E-state index in [1.54, 1.807) is 30.3 Å². The SMILES string of the molecule is NC(=O)c1cnc(Nc2ccc(CC(=O)CCC(F)(F)F)cc2)cc1NCc1ccccc1. The number of hydrogen-bond acceptors (Lipinski definition) is 5. The van der Waals surface area contributed by atoms with Crippen molar-refractivity contribution in [2.24, 2.45) is 5.73 Å². The molecular formula is C24H23F3N4O2. The van der Waals surface area contributed by atoms with Crippen molar-refractivity contribution in [2.75, 3.05) is 10.6 Å². The zero-order chi connectivity index (χ0) is 23.8. The molecule has 0 aliphatic rings. The second-order valence-corrected chi connectivity index (χ2v) is 7.47. The van der Waals surface area contributed by atoms with Crippen molar-refractivity contribution < 1.29 is 22.8 Å². The number of hydrogen-bond donors (Lipinski definition) is 3. The Hall–Kier alpha value is -3.88. The van der Waals surface area contributed by atoms with E-state index in [0.717, 1.165) is 5.56 Å². The maximum absolute atomic E-state index is 12.3. The molecule has 0 aliphatic heterocycles. The fraction of sp³-hybridized carbons (Fsp3) is 0.208. The van der Waals surface area contributed by atoms with Crippen LogP contribution in [0.25, 0.3) is 0 Å². The Morgan fingerprint density at radius 2 is 1.67 bits per heavy atom. The molecule has 1 amide bonds. The molecule has 0 aliphatic carbocycles. The summed E-state index contributed by atoms with van der Waals surface area (Å²) < 4.78 is 36.8. The van der Waals surface area contributed by atoms with E-state index in [1.165, 1.54) is 6.20 Å². The van der Waals surface area contributed by atoms with Gasteiger partial charge in [0.05, 0.1) is 17.7 Å². The van der Waals surface area contributed by atoms with Gasteiger partial charge in [0.15, 0.2) is 0 Å². The van der Waals surface area contributed by atoms with Crippen molar-refractivity contribution in [3.63, 3.8) is 0 Å². The number of carbonyl (C=O) groups excluding carboxylic acids is 2. The highest BCUT2D eigenvalue weighted by Gasteiger charge is 2.27. The smallest absolute Gasteiger partial charge is 0.380 e. The summed E-state index contributed by atoms with van der Waals surface area (Å²) in [5.74, 6) is -0.611. The topological polar surface area (TPSA) is 97.1 Å². The van der Waals surface area contributed by atoms with Crippen molar-refractivity contribution in [3.05, 3.63) is 83.6 Å². The predicted octanol–water partition coefficient (Wildman–Crippen LogP) is 4.99. The monoisotopic (exact) mass is 456 g/mol. The molecule has 0 radical (unpaired) electrons. The molecule has 0 unspecified atom stereocenters. The highest BCUT2D eigenvalue weighted by Crippen LogP contribution is 2.24. The van der Waals surface area contributed by atoms with Crippen molar-refractivity contribution >= 4 is 28.9 Å². The zero-order valence-electron chi connectivity index (χ0n) is 17.7. The number of alkyl halides is 3. The first kappa shape index (κ1) is 23.8. The van der Waals surface area contributed by atoms with Crippen LogP contribution in [0.5, 0.6) is 0 Å². The third kappa shape index (κ3) is 7.64. The fourth-order valence-corrected chi connectivity index (χ4v) is 3.11. The molecule has 6 nitrogen and oxygen atoms in total. The van der Waals surface area contributed by atoms with Gasteiger partial charge in [-0.25, -0.2) is 4.98 Å². The zero-order valence-corrected chi connectivity index (χ0v) is 17.7. The summed E-state index contributed by atoms with van der Waals surface area (Å²) in [6.45, 7) is 0.488. The Kier molecular flexibility index (Phi) is 7.66. The van der Waals surface area contributed by atoms with Gasteiger partial charge in [0, 0.05) is 37.3 Å². The fourth-order valence-electron chi connectivity index (χ4n) is 3.11. The third-order valence-electron chi connectivity index (χ3n) is 4.81. The Morgan fingerprint density at radius 3 is 2.30 bits per heavy atom. The highest BCUT2D eigenvalue weighted by atomic mass is 19.4. The van der Waals surface area contributed by atoms with E-state index in [4.69, 9.17) is 5.73 Å². The summed E-state index contributed by atoms with van der Waals surface area (Å²) in [6, 6.07) is 18.0. The Labute approximate surface area is 189 Å². The van der Waals surface area contributed by atoms with Gasteiger partial charge in [-0.2, -0.15) is 13.2 Å². The number of nitrogens with one attached hydrogen (secondary N) is 2. The lowest BCUT2D eigenvalue weighted by molar-refractivity contribution is -0.143. The number of nitrogens with two attached hydrogens (primary N) is 1. The molecule has 3 aromatic rings. The quantitative estimate of drug-likeness (QED) is 0.399. The Bertz CT molecular complexity index is 1100. The van der Waals surface area contributed by atoms with Crippen LogP contribution in [0.15, 0.2) is 66.9 Å². The molecule has 9 heteroatoms. The molecule has 0 bridgehead atoms. The molecule has 0 saturated carbocycles. The van der Waals surface area contributed by atoms with Gasteiger partial charge in [0.1, 0.15) is 11.6 Å². The number of ketones is 1. The number of halogens is 3. The minimum absolute atomic E-state index is 0.0600. The van der Waals surface area contributed by atoms with Crippen LogP contribution in [0.3, 0.4) is 0 Å². The highest BCUT2D eigenvalue weighted by molar-refractivity contribution is 5.98. The van der Waals surface area contributed by atoms with Crippen LogP contribution >= 0.6 is 0 Å². The van der Waals surface area contributed by atoms with Crippen LogP contribution in [-0.2, 0) is 17.8 Å². The first-order valence-electron chi connectivity index (χ1n) is 10.2. The molecule has 0 fully saturated rings. The van der Waals surface area contributed by atoms with E-state index in [0.29, 0.717) is 29.3 Å². The van der Waals surface area contributed by atoms with Crippen LogP contribution in [0, 0.1) is 0 Å². The number of Topliss-reactive ketones (excluding diaryl/α,β-unsaturated/α-hetero) is 1. The summed E-state index contributed by atoms with van der Waals surface area (Å²) in [5.41, 5.74) is 8.55. The number of amides is 1. The number of rotatable bonds is 10. The van der Waals surface area contributed by atoms with E-state index in [2.05, 4.69) is 15.6 Å². The molecule has 172 valence electrons. The second-order valence-electron chi connectivity index (χ2n) is 7.47. The summed E-state index contributed by atoms with van der Waals surface area (Å²) in [7, 11) is 0. The maximum Gasteiger partial charge on any atom is 0.389 e. The van der Waals surface area contributed by atoms with Crippen LogP contribution < -0.4 is 16.4 Å². The van der Waals surface area contributed by atoms with E-state index >= 15 is 0 Å². The average Bonchev–Trinajstić information content (AvgIpc) is 2.78. The summed E-state index contributed by atoms with van der Waals surface area (Å²) >= 11 is 0. The Morgan fingerprint density at radius 1 is 0.970 bits per heavy atom. The number of aromatic nitrogens is 1. The van der Waals surface area contributed by atoms with Gasteiger partial charge >= 0.3 is 6.18 Å². The standard InChI is InChI=1S/C24H23F3N4O2/c25-24(26,27)11-10-19(32)12-16-6-8-18(9-7-16)31-22-13-21(20(15-30-22)23(28)33)29-14-17-4-2-1-3-5-17/h1-9,13,15H,10-12,14H2,(H2,28,33)(H2,29,30,31). The lowest BCUT2D eigenvalue weighted by Gasteiger charge is -2.13. The summed E-state index contributed by atoms with van der Waals surface area (Å²) in [4.78, 5) is 27.7. The molecule has 4 N–H and O–H groups in total. The number of primary amides is 1. The number of carbonyl (C=O) groups is 2. The van der Waals surface area contributed by atoms with E-state index < -0.39 is 30.7 Å². The molecule has 0 atom stereocenters. The number of benzene rings is 2. The van der Waals surface area contributed by atoms with Crippen LogP contribution in [-0.4, -0.2) is 22.9 Å². The van der Waals surface area contributed by atoms with Gasteiger partial charge in [-0.1, -0.05) is 42.5 Å². The van der Waals surface area contributed by atoms with Crippen LogP contribution in [0.1, 0.15) is 34.3 Å². The summed E-state index contributed by atoms with van der Waals surface area (Å²) in [5, 5.41) is 6.29. The lowest BCUT2D eigenvalue weighted by Crippen LogP contribution is -2.15. The number of pyridine rings is 1. The van der Waals surface area contributed by atoms with Crippen LogP contribution in [0.4, 0.5) is 30.4 Å². The minimum Gasteiger partial charge on any atom is -0.380 e. The van der Waals surface area contributed by atoms with Gasteiger partial charge in [-0.05, 0) is 23.3 Å². The Balaban J connectivity index is 1.65. The first-order valence-corrected chi connectivity index (χ1v) is 10.2. The van der Waals surface area contributed by atoms with Crippen LogP contribution in [0.2, 0.25) is 0 Å². The van der Waals surface area contributed by atoms with Crippen molar-refractivity contribution in [2.45, 2.75) is 32.0 Å². The largest absolute Gasteiger partial charge is 0.389 e. The van der Waals surface area contributed by atoms with E-state index in [-0.39, 0.29) is 12.0 Å². The molecule has 0 saturated heterocycles. The number of nitrogens with zero attached hydrogens (tertiary/aromatic N) is 1. The maximum atomic E-state index is 12.3. The molecule has 0 spiro atoms. The van der Waals surface area contributed by atoms with Crippen molar-refractivity contribution in [1.82, 2.24) is 4.98 Å². The molecule has 1 heterocycles.